The van der Waals surface area contributed by atoms with Crippen LogP contribution in [0.2, 0.25) is 0 Å². The van der Waals surface area contributed by atoms with Crippen LogP contribution in [-0.2, 0) is 17.1 Å². The lowest BCUT2D eigenvalue weighted by atomic mass is 9.94. The van der Waals surface area contributed by atoms with E-state index in [1.54, 1.807) is 41.2 Å². The van der Waals surface area contributed by atoms with Crippen molar-refractivity contribution >= 4 is 21.6 Å². The number of carbonyl (C=O) groups excluding carboxylic acids is 1. The van der Waals surface area contributed by atoms with Gasteiger partial charge in [0.25, 0.3) is 5.91 Å². The van der Waals surface area contributed by atoms with Gasteiger partial charge in [-0.15, -0.1) is 10.2 Å². The van der Waals surface area contributed by atoms with Crippen LogP contribution in [0.1, 0.15) is 30.6 Å². The molecule has 1 saturated heterocycles. The molecular weight excluding hydrogens is 426 g/mol. The highest BCUT2D eigenvalue weighted by Gasteiger charge is 2.32. The Hall–Kier alpha value is -3.04. The summed E-state index contributed by atoms with van der Waals surface area (Å²) in [5.41, 5.74) is 1.68. The highest BCUT2D eigenvalue weighted by atomic mass is 32.2. The van der Waals surface area contributed by atoms with Crippen LogP contribution in [0.15, 0.2) is 59.8 Å². The third-order valence-corrected chi connectivity index (χ3v) is 7.49. The summed E-state index contributed by atoms with van der Waals surface area (Å²) in [5, 5.41) is 10.8. The van der Waals surface area contributed by atoms with Gasteiger partial charge in [0.2, 0.25) is 10.0 Å². The van der Waals surface area contributed by atoms with E-state index in [1.165, 1.54) is 10.4 Å². The van der Waals surface area contributed by atoms with Gasteiger partial charge in [0.05, 0.1) is 4.90 Å². The SMILES string of the molecule is CC1CC(C)CN(S(=O)(=O)c2cccc(C(=O)Nc3cccc(-c4nncn4C)c3)c2)C1. The molecule has 1 aromatic heterocycles. The molecule has 1 aliphatic heterocycles. The largest absolute Gasteiger partial charge is 0.322 e. The van der Waals surface area contributed by atoms with Crippen molar-refractivity contribution in [2.45, 2.75) is 25.2 Å². The van der Waals surface area contributed by atoms with Crippen LogP contribution in [0.25, 0.3) is 11.4 Å². The third kappa shape index (κ3) is 4.58. The van der Waals surface area contributed by atoms with Gasteiger partial charge in [0.15, 0.2) is 5.82 Å². The molecular formula is C23H27N5O3S. The van der Waals surface area contributed by atoms with Gasteiger partial charge in [-0.2, -0.15) is 4.31 Å². The van der Waals surface area contributed by atoms with E-state index in [1.807, 2.05) is 19.2 Å². The molecule has 0 bridgehead atoms. The molecule has 0 radical (unpaired) electrons. The molecule has 32 heavy (non-hydrogen) atoms. The average molecular weight is 454 g/mol. The summed E-state index contributed by atoms with van der Waals surface area (Å²) in [6.07, 6.45) is 2.62. The summed E-state index contributed by atoms with van der Waals surface area (Å²) >= 11 is 0. The fraction of sp³-hybridized carbons (Fsp3) is 0.348. The first-order valence-corrected chi connectivity index (χ1v) is 12.0. The molecule has 1 aliphatic rings. The lowest BCUT2D eigenvalue weighted by Crippen LogP contribution is -2.42. The van der Waals surface area contributed by atoms with Crippen molar-refractivity contribution in [2.24, 2.45) is 18.9 Å². The second kappa shape index (κ2) is 8.84. The summed E-state index contributed by atoms with van der Waals surface area (Å²) < 4.78 is 29.7. The molecule has 9 heteroatoms. The molecule has 2 aromatic carbocycles. The normalized spacial score (nSPS) is 19.6. The van der Waals surface area contributed by atoms with Gasteiger partial charge in [0.1, 0.15) is 6.33 Å². The molecule has 0 spiro atoms. The number of hydrogen-bond acceptors (Lipinski definition) is 5. The molecule has 168 valence electrons. The molecule has 1 amide bonds. The number of carbonyl (C=O) groups is 1. The number of sulfonamides is 1. The van der Waals surface area contributed by atoms with E-state index < -0.39 is 10.0 Å². The van der Waals surface area contributed by atoms with Crippen LogP contribution in [0.4, 0.5) is 5.69 Å². The van der Waals surface area contributed by atoms with Gasteiger partial charge in [-0.25, -0.2) is 8.42 Å². The number of nitrogens with one attached hydrogen (secondary N) is 1. The minimum Gasteiger partial charge on any atom is -0.322 e. The third-order valence-electron chi connectivity index (χ3n) is 5.66. The molecule has 0 aliphatic carbocycles. The van der Waals surface area contributed by atoms with E-state index in [9.17, 15) is 13.2 Å². The first-order valence-electron chi connectivity index (χ1n) is 10.6. The number of benzene rings is 2. The van der Waals surface area contributed by atoms with Crippen molar-refractivity contribution in [2.75, 3.05) is 18.4 Å². The maximum atomic E-state index is 13.2. The van der Waals surface area contributed by atoms with E-state index in [-0.39, 0.29) is 16.4 Å². The van der Waals surface area contributed by atoms with Crippen molar-refractivity contribution < 1.29 is 13.2 Å². The monoisotopic (exact) mass is 453 g/mol. The predicted molar refractivity (Wildman–Crippen MR) is 123 cm³/mol. The first-order chi connectivity index (χ1) is 15.2. The number of aromatic nitrogens is 3. The second-order valence-corrected chi connectivity index (χ2v) is 10.5. The zero-order chi connectivity index (χ0) is 22.9. The van der Waals surface area contributed by atoms with Crippen LogP contribution in [0.3, 0.4) is 0 Å². The number of rotatable bonds is 5. The van der Waals surface area contributed by atoms with Crippen molar-refractivity contribution in [1.29, 1.82) is 0 Å². The van der Waals surface area contributed by atoms with Gasteiger partial charge in [-0.3, -0.25) is 4.79 Å². The Morgan fingerprint density at radius 1 is 1.06 bits per heavy atom. The van der Waals surface area contributed by atoms with Crippen molar-refractivity contribution in [3.05, 3.63) is 60.4 Å². The Labute approximate surface area is 188 Å². The molecule has 2 heterocycles. The van der Waals surface area contributed by atoms with E-state index >= 15 is 0 Å². The fourth-order valence-electron chi connectivity index (χ4n) is 4.23. The fourth-order valence-corrected chi connectivity index (χ4v) is 5.96. The maximum Gasteiger partial charge on any atom is 0.255 e. The summed E-state index contributed by atoms with van der Waals surface area (Å²) in [6, 6.07) is 13.5. The van der Waals surface area contributed by atoms with E-state index in [0.29, 0.717) is 36.4 Å². The van der Waals surface area contributed by atoms with Gasteiger partial charge >= 0.3 is 0 Å². The Morgan fingerprint density at radius 2 is 1.78 bits per heavy atom. The highest BCUT2D eigenvalue weighted by Crippen LogP contribution is 2.27. The Kier molecular flexibility index (Phi) is 6.12. The van der Waals surface area contributed by atoms with Crippen LogP contribution in [0.5, 0.6) is 0 Å². The molecule has 0 saturated carbocycles. The summed E-state index contributed by atoms with van der Waals surface area (Å²) in [6.45, 7) is 5.13. The molecule has 2 unspecified atom stereocenters. The summed E-state index contributed by atoms with van der Waals surface area (Å²) in [5.74, 6) is 0.916. The van der Waals surface area contributed by atoms with Gasteiger partial charge in [0, 0.05) is 37.0 Å². The predicted octanol–water partition coefficient (Wildman–Crippen LogP) is 3.40. The first kappa shape index (κ1) is 22.2. The lowest BCUT2D eigenvalue weighted by molar-refractivity contribution is 0.102. The van der Waals surface area contributed by atoms with E-state index in [2.05, 4.69) is 29.4 Å². The number of piperidine rings is 1. The number of nitrogens with zero attached hydrogens (tertiary/aromatic N) is 4. The smallest absolute Gasteiger partial charge is 0.255 e. The standard InChI is InChI=1S/C23H27N5O3S/c1-16-10-17(2)14-28(13-16)32(30,31)21-9-5-7-19(12-21)23(29)25-20-8-4-6-18(11-20)22-26-24-15-27(22)3/h4-9,11-12,15-17H,10,13-14H2,1-3H3,(H,25,29). The molecule has 2 atom stereocenters. The zero-order valence-electron chi connectivity index (χ0n) is 18.4. The van der Waals surface area contributed by atoms with E-state index in [0.717, 1.165) is 12.0 Å². The van der Waals surface area contributed by atoms with Gasteiger partial charge in [-0.05, 0) is 48.6 Å². The Morgan fingerprint density at radius 3 is 2.47 bits per heavy atom. The van der Waals surface area contributed by atoms with Crippen molar-refractivity contribution in [3.63, 3.8) is 0 Å². The van der Waals surface area contributed by atoms with Crippen molar-refractivity contribution in [3.8, 4) is 11.4 Å². The van der Waals surface area contributed by atoms with Gasteiger partial charge < -0.3 is 9.88 Å². The van der Waals surface area contributed by atoms with Crippen molar-refractivity contribution in [1.82, 2.24) is 19.1 Å². The topological polar surface area (TPSA) is 97.2 Å². The average Bonchev–Trinajstić information content (AvgIpc) is 3.19. The molecule has 4 rings (SSSR count). The van der Waals surface area contributed by atoms with Crippen LogP contribution < -0.4 is 5.32 Å². The maximum absolute atomic E-state index is 13.2. The minimum atomic E-state index is -3.66. The van der Waals surface area contributed by atoms with Crippen LogP contribution >= 0.6 is 0 Å². The van der Waals surface area contributed by atoms with Crippen LogP contribution in [0, 0.1) is 11.8 Å². The molecule has 1 N–H and O–H groups in total. The number of anilines is 1. The summed E-state index contributed by atoms with van der Waals surface area (Å²) in [4.78, 5) is 13.0. The lowest BCUT2D eigenvalue weighted by Gasteiger charge is -2.34. The zero-order valence-corrected chi connectivity index (χ0v) is 19.2. The van der Waals surface area contributed by atoms with Crippen LogP contribution in [-0.4, -0.2) is 46.5 Å². The number of aryl methyl sites for hydroxylation is 1. The minimum absolute atomic E-state index is 0.138. The molecule has 3 aromatic rings. The molecule has 8 nitrogen and oxygen atoms in total. The summed E-state index contributed by atoms with van der Waals surface area (Å²) in [7, 11) is -1.82. The highest BCUT2D eigenvalue weighted by molar-refractivity contribution is 7.89. The number of amides is 1. The second-order valence-electron chi connectivity index (χ2n) is 8.60. The number of hydrogen-bond donors (Lipinski definition) is 1. The quantitative estimate of drug-likeness (QED) is 0.639. The molecule has 1 fully saturated rings. The van der Waals surface area contributed by atoms with E-state index in [4.69, 9.17) is 0 Å². The Balaban J connectivity index is 1.55. The Bertz CT molecular complexity index is 1230. The van der Waals surface area contributed by atoms with Gasteiger partial charge in [-0.1, -0.05) is 32.0 Å².